The maximum Gasteiger partial charge on any atom is 0.392 e. The molecule has 0 aromatic heterocycles. The average Bonchev–Trinajstić information content (AvgIpc) is 3.01. The highest BCUT2D eigenvalue weighted by Gasteiger charge is 2.35. The number of ether oxygens (including phenoxy) is 1. The lowest BCUT2D eigenvalue weighted by Crippen LogP contribution is -2.47. The Morgan fingerprint density at radius 1 is 1.21 bits per heavy atom. The fraction of sp³-hybridized carbons (Fsp3) is 0.571. The predicted molar refractivity (Wildman–Crippen MR) is 103 cm³/mol. The summed E-state index contributed by atoms with van der Waals surface area (Å²) in [4.78, 5) is 38.0. The van der Waals surface area contributed by atoms with E-state index in [4.69, 9.17) is 0 Å². The van der Waals surface area contributed by atoms with Crippen molar-refractivity contribution in [2.45, 2.75) is 64.3 Å². The molecule has 0 aliphatic carbocycles. The Hall–Kier alpha value is -2.79. The van der Waals surface area contributed by atoms with Gasteiger partial charge in [-0.05, 0) is 18.4 Å². The number of hydrogen-bond acceptors (Lipinski definition) is 4. The van der Waals surface area contributed by atoms with Crippen molar-refractivity contribution >= 4 is 17.8 Å². The van der Waals surface area contributed by atoms with Crippen LogP contribution in [0.3, 0.4) is 0 Å². The van der Waals surface area contributed by atoms with Gasteiger partial charge in [0.1, 0.15) is 18.5 Å². The molecule has 33 heavy (non-hydrogen) atoms. The quantitative estimate of drug-likeness (QED) is 0.332. The number of esters is 1. The largest absolute Gasteiger partial charge is 0.464 e. The van der Waals surface area contributed by atoms with E-state index in [2.05, 4.69) is 10.1 Å². The molecule has 2 atom stereocenters. The van der Waals surface area contributed by atoms with Crippen molar-refractivity contribution in [1.82, 2.24) is 10.2 Å². The highest BCUT2D eigenvalue weighted by molar-refractivity contribution is 5.86. The first kappa shape index (κ1) is 26.5. The highest BCUT2D eigenvalue weighted by atomic mass is 19.4. The number of nitrogens with one attached hydrogen (secondary N) is 1. The summed E-state index contributed by atoms with van der Waals surface area (Å²) in [5, 5.41) is 2.39. The summed E-state index contributed by atoms with van der Waals surface area (Å²) in [5.74, 6) is -6.39. The van der Waals surface area contributed by atoms with Gasteiger partial charge in [0.15, 0.2) is 11.6 Å². The number of rotatable bonds is 9. The summed E-state index contributed by atoms with van der Waals surface area (Å²) in [5.41, 5.74) is -0.388. The van der Waals surface area contributed by atoms with E-state index < -0.39 is 79.0 Å². The lowest BCUT2D eigenvalue weighted by atomic mass is 10.0. The van der Waals surface area contributed by atoms with Gasteiger partial charge in [-0.3, -0.25) is 9.59 Å². The Morgan fingerprint density at radius 3 is 2.48 bits per heavy atom. The maximum absolute atomic E-state index is 14.0. The van der Waals surface area contributed by atoms with Crippen molar-refractivity contribution in [3.05, 3.63) is 35.1 Å². The Morgan fingerprint density at radius 2 is 1.88 bits per heavy atom. The van der Waals surface area contributed by atoms with Gasteiger partial charge in [0.05, 0.1) is 6.42 Å². The second kappa shape index (κ2) is 10.9. The second-order valence-corrected chi connectivity index (χ2v) is 8.10. The van der Waals surface area contributed by atoms with Gasteiger partial charge >= 0.3 is 12.1 Å². The molecule has 2 amide bonds. The smallest absolute Gasteiger partial charge is 0.392 e. The van der Waals surface area contributed by atoms with Crippen molar-refractivity contribution in [1.29, 1.82) is 0 Å². The van der Waals surface area contributed by atoms with Crippen LogP contribution < -0.4 is 5.32 Å². The lowest BCUT2D eigenvalue weighted by molar-refractivity contribution is -0.162. The summed E-state index contributed by atoms with van der Waals surface area (Å²) in [6.07, 6.45) is -5.88. The number of carbonyl (C=O) groups excluding carboxylic acids is 3. The summed E-state index contributed by atoms with van der Waals surface area (Å²) < 4.78 is 82.3. The molecular formula is C21H24F6N2O4. The van der Waals surface area contributed by atoms with Crippen LogP contribution >= 0.6 is 0 Å². The number of halogens is 6. The van der Waals surface area contributed by atoms with Gasteiger partial charge in [-0.2, -0.15) is 13.2 Å². The molecule has 6 nitrogen and oxygen atoms in total. The van der Waals surface area contributed by atoms with Gasteiger partial charge in [0, 0.05) is 37.1 Å². The molecule has 12 heteroatoms. The zero-order valence-corrected chi connectivity index (χ0v) is 18.0. The van der Waals surface area contributed by atoms with Crippen LogP contribution in [-0.2, 0) is 25.7 Å². The maximum atomic E-state index is 14.0. The standard InChI is InChI=1S/C21H24F6N2O4/c1-11(2)19(20(32)33-6-5-21(25,26)27)28-16(30)9-14-3-4-17(31)29(14)10-12-7-13(22)8-15(23)18(12)24/h7-8,11,14,19H,3-6,9-10H2,1-2H3,(H,28,30)/t14-,19-/m0/s1. The molecule has 184 valence electrons. The van der Waals surface area contributed by atoms with Gasteiger partial charge in [0.25, 0.3) is 0 Å². The van der Waals surface area contributed by atoms with Crippen LogP contribution in [0.15, 0.2) is 12.1 Å². The monoisotopic (exact) mass is 482 g/mol. The zero-order chi connectivity index (χ0) is 24.9. The Kier molecular flexibility index (Phi) is 8.73. The zero-order valence-electron chi connectivity index (χ0n) is 18.0. The molecule has 0 saturated carbocycles. The third-order valence-corrected chi connectivity index (χ3v) is 5.15. The molecule has 1 aromatic carbocycles. The van der Waals surface area contributed by atoms with Crippen molar-refractivity contribution in [3.63, 3.8) is 0 Å². The fourth-order valence-electron chi connectivity index (χ4n) is 3.43. The summed E-state index contributed by atoms with van der Waals surface area (Å²) >= 11 is 0. The van der Waals surface area contributed by atoms with E-state index in [9.17, 15) is 40.7 Å². The van der Waals surface area contributed by atoms with Crippen molar-refractivity contribution < 1.29 is 45.5 Å². The number of amides is 2. The van der Waals surface area contributed by atoms with Crippen LogP contribution in [0.5, 0.6) is 0 Å². The van der Waals surface area contributed by atoms with Gasteiger partial charge in [0.2, 0.25) is 11.8 Å². The van der Waals surface area contributed by atoms with Crippen LogP contribution in [0.1, 0.15) is 45.1 Å². The number of alkyl halides is 3. The SMILES string of the molecule is CC(C)[C@H](NC(=O)C[C@@H]1CCC(=O)N1Cc1cc(F)cc(F)c1F)C(=O)OCCC(F)(F)F. The van der Waals surface area contributed by atoms with Crippen molar-refractivity contribution in [2.75, 3.05) is 6.61 Å². The molecule has 1 fully saturated rings. The molecule has 0 spiro atoms. The van der Waals surface area contributed by atoms with Gasteiger partial charge in [-0.25, -0.2) is 18.0 Å². The molecule has 1 saturated heterocycles. The van der Waals surface area contributed by atoms with E-state index in [0.717, 1.165) is 11.0 Å². The van der Waals surface area contributed by atoms with Crippen LogP contribution in [0.25, 0.3) is 0 Å². The molecule has 0 unspecified atom stereocenters. The molecule has 1 aromatic rings. The summed E-state index contributed by atoms with van der Waals surface area (Å²) in [6.45, 7) is 1.78. The number of hydrogen-bond donors (Lipinski definition) is 1. The minimum atomic E-state index is -4.50. The number of benzene rings is 1. The summed E-state index contributed by atoms with van der Waals surface area (Å²) in [7, 11) is 0. The predicted octanol–water partition coefficient (Wildman–Crippen LogP) is 3.62. The minimum absolute atomic E-state index is 0.0322. The van der Waals surface area contributed by atoms with E-state index in [1.165, 1.54) is 0 Å². The van der Waals surface area contributed by atoms with E-state index in [1.807, 2.05) is 0 Å². The van der Waals surface area contributed by atoms with Crippen molar-refractivity contribution in [3.8, 4) is 0 Å². The topological polar surface area (TPSA) is 75.7 Å². The average molecular weight is 482 g/mol. The number of carbonyl (C=O) groups is 3. The van der Waals surface area contributed by atoms with Gasteiger partial charge in [-0.1, -0.05) is 13.8 Å². The van der Waals surface area contributed by atoms with Crippen LogP contribution in [0.2, 0.25) is 0 Å². The normalized spacial score (nSPS) is 17.4. The lowest BCUT2D eigenvalue weighted by Gasteiger charge is -2.26. The first-order valence-electron chi connectivity index (χ1n) is 10.2. The molecule has 0 bridgehead atoms. The Labute approximate surface area is 186 Å². The van der Waals surface area contributed by atoms with E-state index in [1.54, 1.807) is 13.8 Å². The van der Waals surface area contributed by atoms with Gasteiger partial charge in [-0.15, -0.1) is 0 Å². The molecule has 1 N–H and O–H groups in total. The molecule has 1 heterocycles. The molecule has 2 rings (SSSR count). The first-order valence-corrected chi connectivity index (χ1v) is 10.2. The van der Waals surface area contributed by atoms with Crippen LogP contribution in [-0.4, -0.2) is 47.6 Å². The van der Waals surface area contributed by atoms with Gasteiger partial charge < -0.3 is 15.0 Å². The van der Waals surface area contributed by atoms with Crippen LogP contribution in [0.4, 0.5) is 26.3 Å². The molecule has 0 radical (unpaired) electrons. The third kappa shape index (κ3) is 7.64. The Bertz CT molecular complexity index is 890. The first-order chi connectivity index (χ1) is 15.3. The highest BCUT2D eigenvalue weighted by Crippen LogP contribution is 2.26. The van der Waals surface area contributed by atoms with E-state index >= 15 is 0 Å². The molecular weight excluding hydrogens is 458 g/mol. The second-order valence-electron chi connectivity index (χ2n) is 8.10. The van der Waals surface area contributed by atoms with E-state index in [0.29, 0.717) is 6.07 Å². The molecule has 1 aliphatic rings. The molecule has 1 aliphatic heterocycles. The Balaban J connectivity index is 2.01. The number of nitrogens with zero attached hydrogens (tertiary/aromatic N) is 1. The van der Waals surface area contributed by atoms with E-state index in [-0.39, 0.29) is 24.8 Å². The van der Waals surface area contributed by atoms with Crippen LogP contribution in [0, 0.1) is 23.4 Å². The van der Waals surface area contributed by atoms with Crippen molar-refractivity contribution in [2.24, 2.45) is 5.92 Å². The minimum Gasteiger partial charge on any atom is -0.464 e. The third-order valence-electron chi connectivity index (χ3n) is 5.15. The fourth-order valence-corrected chi connectivity index (χ4v) is 3.43. The summed E-state index contributed by atoms with van der Waals surface area (Å²) in [6, 6.07) is -0.814. The number of likely N-dealkylation sites (tertiary alicyclic amines) is 1.